The molecule has 1 heterocycles. The molecule has 2 nitrogen and oxygen atoms in total. The van der Waals surface area contributed by atoms with Crippen molar-refractivity contribution in [1.82, 2.24) is 5.32 Å². The van der Waals surface area contributed by atoms with Crippen LogP contribution in [-0.4, -0.2) is 19.6 Å². The number of nitrogens with zero attached hydrogens (tertiary/aromatic N) is 1. The van der Waals surface area contributed by atoms with Crippen molar-refractivity contribution in [2.24, 2.45) is 0 Å². The van der Waals surface area contributed by atoms with E-state index in [9.17, 15) is 4.39 Å². The first-order valence-electron chi connectivity index (χ1n) is 7.05. The maximum atomic E-state index is 14.2. The van der Waals surface area contributed by atoms with Crippen molar-refractivity contribution in [3.05, 3.63) is 41.2 Å². The molecule has 1 N–H and O–H groups in total. The molecule has 1 aliphatic rings. The lowest BCUT2D eigenvalue weighted by atomic mass is 10.1. The van der Waals surface area contributed by atoms with E-state index in [4.69, 9.17) is 0 Å². The number of benzene rings is 1. The van der Waals surface area contributed by atoms with Crippen LogP contribution in [0.25, 0.3) is 0 Å². The van der Waals surface area contributed by atoms with Crippen LogP contribution in [0.1, 0.15) is 38.8 Å². The van der Waals surface area contributed by atoms with Crippen LogP contribution in [0.3, 0.4) is 0 Å². The van der Waals surface area contributed by atoms with Gasteiger partial charge in [-0.15, -0.1) is 0 Å². The SMILES string of the molecule is CCNC(C)c1ccc(N2CC=C(C)CC2)c(F)c1. The van der Waals surface area contributed by atoms with Crippen LogP contribution in [0, 0.1) is 5.82 Å². The smallest absolute Gasteiger partial charge is 0.146 e. The molecular formula is C16H23FN2. The van der Waals surface area contributed by atoms with Crippen molar-refractivity contribution < 1.29 is 4.39 Å². The second-order valence-electron chi connectivity index (χ2n) is 5.24. The fourth-order valence-corrected chi connectivity index (χ4v) is 2.46. The minimum absolute atomic E-state index is 0.116. The highest BCUT2D eigenvalue weighted by molar-refractivity contribution is 5.51. The van der Waals surface area contributed by atoms with Gasteiger partial charge in [-0.2, -0.15) is 0 Å². The molecule has 104 valence electrons. The molecule has 3 heteroatoms. The molecule has 1 aliphatic heterocycles. The molecular weight excluding hydrogens is 239 g/mol. The van der Waals surface area contributed by atoms with E-state index in [0.717, 1.165) is 37.3 Å². The molecule has 1 aromatic carbocycles. The first-order valence-corrected chi connectivity index (χ1v) is 7.05. The molecule has 19 heavy (non-hydrogen) atoms. The normalized spacial score (nSPS) is 17.3. The lowest BCUT2D eigenvalue weighted by Gasteiger charge is -2.28. The predicted octanol–water partition coefficient (Wildman–Crippen LogP) is 3.65. The molecule has 0 spiro atoms. The van der Waals surface area contributed by atoms with Gasteiger partial charge in [-0.05, 0) is 44.5 Å². The Morgan fingerprint density at radius 3 is 2.79 bits per heavy atom. The lowest BCUT2D eigenvalue weighted by Crippen LogP contribution is -2.29. The van der Waals surface area contributed by atoms with E-state index in [0.29, 0.717) is 0 Å². The molecule has 0 fully saturated rings. The maximum Gasteiger partial charge on any atom is 0.146 e. The van der Waals surface area contributed by atoms with Crippen LogP contribution < -0.4 is 10.2 Å². The summed E-state index contributed by atoms with van der Waals surface area (Å²) in [4.78, 5) is 2.10. The van der Waals surface area contributed by atoms with E-state index < -0.39 is 0 Å². The summed E-state index contributed by atoms with van der Waals surface area (Å²) in [7, 11) is 0. The molecule has 0 saturated carbocycles. The van der Waals surface area contributed by atoms with Crippen molar-refractivity contribution in [3.63, 3.8) is 0 Å². The molecule has 0 radical (unpaired) electrons. The predicted molar refractivity (Wildman–Crippen MR) is 79.1 cm³/mol. The third-order valence-corrected chi connectivity index (χ3v) is 3.76. The largest absolute Gasteiger partial charge is 0.365 e. The minimum Gasteiger partial charge on any atom is -0.365 e. The number of nitrogens with one attached hydrogen (secondary N) is 1. The Hall–Kier alpha value is -1.35. The van der Waals surface area contributed by atoms with Crippen molar-refractivity contribution in [2.45, 2.75) is 33.2 Å². The third-order valence-electron chi connectivity index (χ3n) is 3.76. The highest BCUT2D eigenvalue weighted by Crippen LogP contribution is 2.25. The minimum atomic E-state index is -0.116. The summed E-state index contributed by atoms with van der Waals surface area (Å²) in [5.74, 6) is -0.116. The fraction of sp³-hybridized carbons (Fsp3) is 0.500. The first kappa shape index (κ1) is 14.1. The zero-order valence-electron chi connectivity index (χ0n) is 12.0. The quantitative estimate of drug-likeness (QED) is 0.833. The summed E-state index contributed by atoms with van der Waals surface area (Å²) in [5, 5.41) is 3.30. The number of hydrogen-bond acceptors (Lipinski definition) is 2. The Kier molecular flexibility index (Phi) is 4.59. The average Bonchev–Trinajstić information content (AvgIpc) is 2.40. The molecule has 0 bridgehead atoms. The van der Waals surface area contributed by atoms with E-state index in [2.05, 4.69) is 37.1 Å². The van der Waals surface area contributed by atoms with Gasteiger partial charge in [-0.25, -0.2) is 4.39 Å². The Labute approximate surface area is 115 Å². The lowest BCUT2D eigenvalue weighted by molar-refractivity contribution is 0.580. The number of halogens is 1. The molecule has 0 saturated heterocycles. The van der Waals surface area contributed by atoms with Gasteiger partial charge < -0.3 is 10.2 Å². The van der Waals surface area contributed by atoms with Crippen LogP contribution >= 0.6 is 0 Å². The van der Waals surface area contributed by atoms with Gasteiger partial charge in [-0.1, -0.05) is 24.6 Å². The fourth-order valence-electron chi connectivity index (χ4n) is 2.46. The summed E-state index contributed by atoms with van der Waals surface area (Å²) in [6.45, 7) is 8.86. The number of anilines is 1. The second-order valence-corrected chi connectivity index (χ2v) is 5.24. The van der Waals surface area contributed by atoms with Crippen LogP contribution in [0.15, 0.2) is 29.8 Å². The summed E-state index contributed by atoms with van der Waals surface area (Å²) in [5.41, 5.74) is 3.12. The second kappa shape index (κ2) is 6.20. The van der Waals surface area contributed by atoms with Crippen LogP contribution in [-0.2, 0) is 0 Å². The molecule has 0 amide bonds. The third kappa shape index (κ3) is 3.35. The van der Waals surface area contributed by atoms with Gasteiger partial charge in [0.15, 0.2) is 0 Å². The molecule has 1 atom stereocenters. The molecule has 2 rings (SSSR count). The van der Waals surface area contributed by atoms with E-state index in [1.54, 1.807) is 6.07 Å². The Balaban J connectivity index is 2.15. The van der Waals surface area contributed by atoms with Gasteiger partial charge >= 0.3 is 0 Å². The highest BCUT2D eigenvalue weighted by atomic mass is 19.1. The summed E-state index contributed by atoms with van der Waals surface area (Å²) in [6, 6.07) is 5.79. The first-order chi connectivity index (χ1) is 9.11. The average molecular weight is 262 g/mol. The van der Waals surface area contributed by atoms with Gasteiger partial charge in [0.2, 0.25) is 0 Å². The van der Waals surface area contributed by atoms with E-state index in [-0.39, 0.29) is 11.9 Å². The summed E-state index contributed by atoms with van der Waals surface area (Å²) in [6.07, 6.45) is 3.20. The monoisotopic (exact) mass is 262 g/mol. The van der Waals surface area contributed by atoms with Crippen molar-refractivity contribution in [1.29, 1.82) is 0 Å². The van der Waals surface area contributed by atoms with E-state index in [1.165, 1.54) is 5.57 Å². The Bertz CT molecular complexity index is 468. The molecule has 0 aromatic heterocycles. The van der Waals surface area contributed by atoms with Crippen molar-refractivity contribution in [3.8, 4) is 0 Å². The van der Waals surface area contributed by atoms with Crippen LogP contribution in [0.5, 0.6) is 0 Å². The van der Waals surface area contributed by atoms with E-state index >= 15 is 0 Å². The molecule has 0 aliphatic carbocycles. The van der Waals surface area contributed by atoms with Crippen LogP contribution in [0.4, 0.5) is 10.1 Å². The van der Waals surface area contributed by atoms with Gasteiger partial charge in [-0.3, -0.25) is 0 Å². The van der Waals surface area contributed by atoms with Crippen molar-refractivity contribution >= 4 is 5.69 Å². The Morgan fingerprint density at radius 1 is 1.42 bits per heavy atom. The summed E-state index contributed by atoms with van der Waals surface area (Å²) < 4.78 is 14.2. The topological polar surface area (TPSA) is 15.3 Å². The van der Waals surface area contributed by atoms with Gasteiger partial charge in [0, 0.05) is 19.1 Å². The van der Waals surface area contributed by atoms with Gasteiger partial charge in [0.25, 0.3) is 0 Å². The zero-order valence-corrected chi connectivity index (χ0v) is 12.0. The van der Waals surface area contributed by atoms with Crippen molar-refractivity contribution in [2.75, 3.05) is 24.5 Å². The van der Waals surface area contributed by atoms with Crippen LogP contribution in [0.2, 0.25) is 0 Å². The zero-order chi connectivity index (χ0) is 13.8. The molecule has 1 unspecified atom stereocenters. The van der Waals surface area contributed by atoms with Gasteiger partial charge in [0.1, 0.15) is 5.82 Å². The summed E-state index contributed by atoms with van der Waals surface area (Å²) >= 11 is 0. The number of rotatable bonds is 4. The van der Waals surface area contributed by atoms with Gasteiger partial charge in [0.05, 0.1) is 5.69 Å². The standard InChI is InChI=1S/C16H23FN2/c1-4-18-13(3)14-5-6-16(15(17)11-14)19-9-7-12(2)8-10-19/h5-7,11,13,18H,4,8-10H2,1-3H3. The Morgan fingerprint density at radius 2 is 2.21 bits per heavy atom. The highest BCUT2D eigenvalue weighted by Gasteiger charge is 2.15. The maximum absolute atomic E-state index is 14.2. The number of hydrogen-bond donors (Lipinski definition) is 1. The molecule has 1 aromatic rings. The van der Waals surface area contributed by atoms with E-state index in [1.807, 2.05) is 12.1 Å².